The maximum atomic E-state index is 5.59. The molecule has 3 aliphatic rings. The first kappa shape index (κ1) is 30.9. The van der Waals surface area contributed by atoms with Gasteiger partial charge in [0.05, 0.1) is 6.61 Å². The minimum atomic E-state index is -0.0799. The molecule has 0 aromatic heterocycles. The van der Waals surface area contributed by atoms with E-state index in [9.17, 15) is 0 Å². The van der Waals surface area contributed by atoms with Crippen LogP contribution in [0.1, 0.15) is 116 Å². The standard InChI is InChI=1S/C11H23N.C10H21N.C8H17NO/c1-9-7-10(2,3)12(6)11(4,5)8-9;1-8-7-9(2,3)11(6)10(8,4)5;1-7(2)6-10-8(3,4)9(7)5/h9H,7-8H2,1-6H3;8H,7H2,1-6H3;6H2,1-5H3. The molecule has 0 aromatic rings. The number of likely N-dealkylation sites (tertiary alicyclic amines) is 2. The van der Waals surface area contributed by atoms with Crippen molar-refractivity contribution in [2.75, 3.05) is 27.7 Å². The molecule has 0 amide bonds. The Morgan fingerprint density at radius 2 is 0.939 bits per heavy atom. The van der Waals surface area contributed by atoms with Gasteiger partial charge in [-0.2, -0.15) is 0 Å². The number of nitrogens with zero attached hydrogens (tertiary/aromatic N) is 3. The number of likely N-dealkylation sites (N-methyl/N-ethyl adjacent to an activating group) is 1. The lowest BCUT2D eigenvalue weighted by atomic mass is 9.75. The third kappa shape index (κ3) is 6.96. The van der Waals surface area contributed by atoms with E-state index in [4.69, 9.17) is 4.74 Å². The molecule has 0 radical (unpaired) electrons. The number of hydrogen-bond donors (Lipinski definition) is 0. The maximum absolute atomic E-state index is 5.59. The van der Waals surface area contributed by atoms with Gasteiger partial charge in [0, 0.05) is 27.7 Å². The maximum Gasteiger partial charge on any atom is 0.116 e. The molecule has 0 aromatic carbocycles. The SMILES string of the molecule is CC1CC(C)(C)N(C)C(C)(C)C1.CC1CC(C)(C)N(C)C1(C)C.CN1C(C)(C)COC1(C)C. The fourth-order valence-corrected chi connectivity index (χ4v) is 6.39. The minimum Gasteiger partial charge on any atom is -0.359 e. The van der Waals surface area contributed by atoms with Crippen molar-refractivity contribution in [3.05, 3.63) is 0 Å². The molecule has 4 nitrogen and oxygen atoms in total. The first-order valence-electron chi connectivity index (χ1n) is 13.3. The van der Waals surface area contributed by atoms with E-state index in [2.05, 4.69) is 133 Å². The quantitative estimate of drug-likeness (QED) is 0.386. The molecule has 4 heteroatoms. The Morgan fingerprint density at radius 1 is 0.545 bits per heavy atom. The summed E-state index contributed by atoms with van der Waals surface area (Å²) in [4.78, 5) is 7.30. The molecule has 3 rings (SSSR count). The van der Waals surface area contributed by atoms with E-state index >= 15 is 0 Å². The number of rotatable bonds is 0. The number of ether oxygens (including phenoxy) is 1. The fraction of sp³-hybridized carbons (Fsp3) is 1.00. The Balaban J connectivity index is 0.000000249. The van der Waals surface area contributed by atoms with E-state index in [-0.39, 0.29) is 11.3 Å². The van der Waals surface area contributed by atoms with E-state index in [1.807, 2.05) is 0 Å². The van der Waals surface area contributed by atoms with Gasteiger partial charge in [0.25, 0.3) is 0 Å². The van der Waals surface area contributed by atoms with Gasteiger partial charge in [0.15, 0.2) is 0 Å². The summed E-state index contributed by atoms with van der Waals surface area (Å²) in [5, 5.41) is 0. The average Bonchev–Trinajstić information content (AvgIpc) is 2.89. The Hall–Kier alpha value is -0.160. The molecule has 3 saturated heterocycles. The van der Waals surface area contributed by atoms with Crippen LogP contribution in [0.2, 0.25) is 0 Å². The first-order chi connectivity index (χ1) is 14.4. The van der Waals surface area contributed by atoms with Gasteiger partial charge in [-0.1, -0.05) is 13.8 Å². The number of piperidine rings is 1. The molecule has 0 bridgehead atoms. The first-order valence-corrected chi connectivity index (χ1v) is 13.3. The van der Waals surface area contributed by atoms with Gasteiger partial charge in [-0.25, -0.2) is 0 Å². The molecular weight excluding hydrogens is 406 g/mol. The van der Waals surface area contributed by atoms with E-state index < -0.39 is 0 Å². The Labute approximate surface area is 208 Å². The summed E-state index contributed by atoms with van der Waals surface area (Å²) in [7, 11) is 6.60. The highest BCUT2D eigenvalue weighted by molar-refractivity contribution is 5.02. The lowest BCUT2D eigenvalue weighted by Gasteiger charge is -2.53. The molecule has 0 saturated carbocycles. The van der Waals surface area contributed by atoms with Crippen LogP contribution >= 0.6 is 0 Å². The van der Waals surface area contributed by atoms with Crippen LogP contribution in [0.25, 0.3) is 0 Å². The normalized spacial score (nSPS) is 32.5. The molecule has 0 N–H and O–H groups in total. The largest absolute Gasteiger partial charge is 0.359 e. The summed E-state index contributed by atoms with van der Waals surface area (Å²) in [5.41, 5.74) is 1.64. The second-order valence-electron chi connectivity index (χ2n) is 14.9. The van der Waals surface area contributed by atoms with Gasteiger partial charge >= 0.3 is 0 Å². The van der Waals surface area contributed by atoms with Crippen LogP contribution in [-0.4, -0.2) is 75.9 Å². The van der Waals surface area contributed by atoms with E-state index in [0.29, 0.717) is 22.2 Å². The zero-order chi connectivity index (χ0) is 26.4. The van der Waals surface area contributed by atoms with Crippen molar-refractivity contribution >= 4 is 0 Å². The monoisotopic (exact) mass is 467 g/mol. The minimum absolute atomic E-state index is 0.0799. The lowest BCUT2D eigenvalue weighted by Crippen LogP contribution is -2.58. The third-order valence-electron chi connectivity index (χ3n) is 9.79. The molecule has 33 heavy (non-hydrogen) atoms. The molecule has 198 valence electrons. The molecule has 0 aliphatic carbocycles. The highest BCUT2D eigenvalue weighted by Gasteiger charge is 2.47. The Bertz CT molecular complexity index is 613. The highest BCUT2D eigenvalue weighted by atomic mass is 16.5. The lowest BCUT2D eigenvalue weighted by molar-refractivity contribution is -0.0448. The van der Waals surface area contributed by atoms with Crippen LogP contribution in [-0.2, 0) is 4.74 Å². The summed E-state index contributed by atoms with van der Waals surface area (Å²) in [6.45, 7) is 32.9. The molecule has 0 spiro atoms. The average molecular weight is 468 g/mol. The van der Waals surface area contributed by atoms with Crippen LogP contribution in [0.5, 0.6) is 0 Å². The van der Waals surface area contributed by atoms with Crippen LogP contribution in [0.4, 0.5) is 0 Å². The van der Waals surface area contributed by atoms with E-state index in [0.717, 1.165) is 18.4 Å². The smallest absolute Gasteiger partial charge is 0.116 e. The highest BCUT2D eigenvalue weighted by Crippen LogP contribution is 2.43. The van der Waals surface area contributed by atoms with Crippen LogP contribution in [0.15, 0.2) is 0 Å². The summed E-state index contributed by atoms with van der Waals surface area (Å²) in [6.07, 6.45) is 3.97. The van der Waals surface area contributed by atoms with Crippen LogP contribution in [0.3, 0.4) is 0 Å². The van der Waals surface area contributed by atoms with E-state index in [1.165, 1.54) is 19.3 Å². The molecule has 1 atom stereocenters. The topological polar surface area (TPSA) is 19.0 Å². The second kappa shape index (κ2) is 9.71. The van der Waals surface area contributed by atoms with E-state index in [1.54, 1.807) is 0 Å². The third-order valence-corrected chi connectivity index (χ3v) is 9.79. The van der Waals surface area contributed by atoms with Crippen molar-refractivity contribution in [2.45, 2.75) is 150 Å². The van der Waals surface area contributed by atoms with Crippen molar-refractivity contribution in [3.8, 4) is 0 Å². The van der Waals surface area contributed by atoms with Crippen LogP contribution in [0, 0.1) is 11.8 Å². The van der Waals surface area contributed by atoms with Crippen molar-refractivity contribution in [1.82, 2.24) is 14.7 Å². The Morgan fingerprint density at radius 3 is 1.12 bits per heavy atom. The molecule has 3 heterocycles. The predicted octanol–water partition coefficient (Wildman–Crippen LogP) is 6.88. The van der Waals surface area contributed by atoms with Crippen molar-refractivity contribution in [1.29, 1.82) is 0 Å². The molecule has 1 unspecified atom stereocenters. The fourth-order valence-electron chi connectivity index (χ4n) is 6.39. The van der Waals surface area contributed by atoms with Gasteiger partial charge in [0.1, 0.15) is 5.72 Å². The zero-order valence-electron chi connectivity index (χ0n) is 25.7. The van der Waals surface area contributed by atoms with Gasteiger partial charge < -0.3 is 4.74 Å². The van der Waals surface area contributed by atoms with Gasteiger partial charge in [-0.15, -0.1) is 0 Å². The molecule has 3 aliphatic heterocycles. The summed E-state index contributed by atoms with van der Waals surface area (Å²) < 4.78 is 5.59. The molecule has 3 fully saturated rings. The molecular formula is C29H61N3O. The summed E-state index contributed by atoms with van der Waals surface area (Å²) in [6, 6.07) is 0. The predicted molar refractivity (Wildman–Crippen MR) is 146 cm³/mol. The number of hydrogen-bond acceptors (Lipinski definition) is 4. The summed E-state index contributed by atoms with van der Waals surface area (Å²) >= 11 is 0. The van der Waals surface area contributed by atoms with Gasteiger partial charge in [0.2, 0.25) is 0 Å². The van der Waals surface area contributed by atoms with Crippen molar-refractivity contribution in [2.24, 2.45) is 11.8 Å². The van der Waals surface area contributed by atoms with Crippen molar-refractivity contribution < 1.29 is 4.74 Å². The summed E-state index contributed by atoms with van der Waals surface area (Å²) in [5.74, 6) is 1.67. The van der Waals surface area contributed by atoms with Gasteiger partial charge in [-0.3, -0.25) is 14.7 Å². The Kier molecular flexibility index (Phi) is 9.09. The van der Waals surface area contributed by atoms with Gasteiger partial charge in [-0.05, 0) is 135 Å². The van der Waals surface area contributed by atoms with Crippen molar-refractivity contribution in [3.63, 3.8) is 0 Å². The zero-order valence-corrected chi connectivity index (χ0v) is 25.7. The van der Waals surface area contributed by atoms with Crippen LogP contribution < -0.4 is 0 Å². The second-order valence-corrected chi connectivity index (χ2v) is 14.9.